The first-order valence-electron chi connectivity index (χ1n) is 12.8. The van der Waals surface area contributed by atoms with Gasteiger partial charge >= 0.3 is 12.4 Å². The fraction of sp³-hybridized carbons (Fsp3) is 0.345. The normalized spacial score (nSPS) is 17.1. The lowest BCUT2D eigenvalue weighted by molar-refractivity contribution is -0.138. The molecular weight excluding hydrogens is 518 g/mol. The third kappa shape index (κ3) is 5.90. The summed E-state index contributed by atoms with van der Waals surface area (Å²) in [5.41, 5.74) is -0.820. The first-order chi connectivity index (χ1) is 18.5. The molecular formula is C29H26F6N4. The summed E-state index contributed by atoms with van der Waals surface area (Å²) in [7, 11) is 0. The average Bonchev–Trinajstić information content (AvgIpc) is 2.91. The van der Waals surface area contributed by atoms with E-state index in [-0.39, 0.29) is 16.8 Å². The standard InChI is InChI=1S/C29H26F6N4/c1-18-6-2-3-14-39(18)15-12-25-37-24-17-20(27-23(29(33,34)35)9-5-13-36-27)10-11-22(24)26(38-25)19-7-4-8-21(16-19)28(30,31)32/h4-5,7-11,13,16-18H,2-3,6,12,14-15H2,1H3. The second-order valence-corrected chi connectivity index (χ2v) is 9.83. The van der Waals surface area contributed by atoms with E-state index in [0.29, 0.717) is 41.4 Å². The first kappa shape index (κ1) is 27.1. The van der Waals surface area contributed by atoms with Crippen LogP contribution in [0.3, 0.4) is 0 Å². The minimum Gasteiger partial charge on any atom is -0.300 e. The molecule has 0 bridgehead atoms. The molecule has 204 valence electrons. The molecule has 0 aliphatic carbocycles. The van der Waals surface area contributed by atoms with Crippen LogP contribution in [0.25, 0.3) is 33.4 Å². The highest BCUT2D eigenvalue weighted by Gasteiger charge is 2.34. The Morgan fingerprint density at radius 3 is 2.38 bits per heavy atom. The number of piperidine rings is 1. The molecule has 2 aromatic carbocycles. The molecule has 0 saturated carbocycles. The summed E-state index contributed by atoms with van der Waals surface area (Å²) in [5.74, 6) is 0.418. The van der Waals surface area contributed by atoms with Crippen LogP contribution in [0.5, 0.6) is 0 Å². The van der Waals surface area contributed by atoms with Crippen LogP contribution < -0.4 is 0 Å². The van der Waals surface area contributed by atoms with Gasteiger partial charge in [0.05, 0.1) is 28.0 Å². The molecule has 1 aliphatic heterocycles. The van der Waals surface area contributed by atoms with Crippen molar-refractivity contribution in [2.75, 3.05) is 13.1 Å². The molecule has 2 aromatic heterocycles. The second-order valence-electron chi connectivity index (χ2n) is 9.83. The summed E-state index contributed by atoms with van der Waals surface area (Å²) in [6.45, 7) is 3.78. The number of aromatic nitrogens is 3. The smallest absolute Gasteiger partial charge is 0.300 e. The summed E-state index contributed by atoms with van der Waals surface area (Å²) in [5, 5.41) is 0.442. The van der Waals surface area contributed by atoms with Crippen molar-refractivity contribution in [1.29, 1.82) is 0 Å². The summed E-state index contributed by atoms with van der Waals surface area (Å²) in [6, 6.07) is 12.0. The fourth-order valence-electron chi connectivity index (χ4n) is 5.10. The molecule has 1 saturated heterocycles. The predicted octanol–water partition coefficient (Wildman–Crippen LogP) is 7.81. The monoisotopic (exact) mass is 544 g/mol. The highest BCUT2D eigenvalue weighted by molar-refractivity contribution is 5.94. The Morgan fingerprint density at radius 1 is 0.846 bits per heavy atom. The Morgan fingerprint density at radius 2 is 1.64 bits per heavy atom. The number of pyridine rings is 1. The van der Waals surface area contributed by atoms with E-state index >= 15 is 0 Å². The predicted molar refractivity (Wildman–Crippen MR) is 137 cm³/mol. The zero-order chi connectivity index (χ0) is 27.8. The van der Waals surface area contributed by atoms with Gasteiger partial charge < -0.3 is 4.90 Å². The molecule has 10 heteroatoms. The topological polar surface area (TPSA) is 41.9 Å². The molecule has 5 rings (SSSR count). The van der Waals surface area contributed by atoms with Crippen LogP contribution in [-0.2, 0) is 18.8 Å². The molecule has 0 amide bonds. The molecule has 1 unspecified atom stereocenters. The van der Waals surface area contributed by atoms with Crippen LogP contribution in [0.15, 0.2) is 60.8 Å². The zero-order valence-electron chi connectivity index (χ0n) is 21.2. The van der Waals surface area contributed by atoms with E-state index in [9.17, 15) is 26.3 Å². The number of hydrogen-bond acceptors (Lipinski definition) is 4. The van der Waals surface area contributed by atoms with Crippen LogP contribution in [-0.4, -0.2) is 39.0 Å². The van der Waals surface area contributed by atoms with Gasteiger partial charge in [0.2, 0.25) is 0 Å². The van der Waals surface area contributed by atoms with Crippen molar-refractivity contribution in [2.24, 2.45) is 0 Å². The van der Waals surface area contributed by atoms with Crippen LogP contribution in [0, 0.1) is 0 Å². The number of fused-ring (bicyclic) bond motifs is 1. The second kappa shape index (κ2) is 10.6. The molecule has 39 heavy (non-hydrogen) atoms. The van der Waals surface area contributed by atoms with Gasteiger partial charge in [-0.3, -0.25) is 4.98 Å². The summed E-state index contributed by atoms with van der Waals surface area (Å²) >= 11 is 0. The lowest BCUT2D eigenvalue weighted by Gasteiger charge is -2.33. The van der Waals surface area contributed by atoms with Gasteiger partial charge in [0, 0.05) is 41.7 Å². The molecule has 4 nitrogen and oxygen atoms in total. The molecule has 1 atom stereocenters. The molecule has 0 radical (unpaired) electrons. The summed E-state index contributed by atoms with van der Waals surface area (Å²) in [6.07, 6.45) is -4.06. The van der Waals surface area contributed by atoms with Gasteiger partial charge in [-0.2, -0.15) is 26.3 Å². The number of likely N-dealkylation sites (tertiary alicyclic amines) is 1. The van der Waals surface area contributed by atoms with E-state index < -0.39 is 23.5 Å². The Bertz CT molecular complexity index is 1480. The molecule has 4 aromatic rings. The van der Waals surface area contributed by atoms with Crippen molar-refractivity contribution in [1.82, 2.24) is 19.9 Å². The first-order valence-corrected chi connectivity index (χ1v) is 12.8. The maximum atomic E-state index is 13.7. The highest BCUT2D eigenvalue weighted by Crippen LogP contribution is 2.38. The number of halogens is 6. The van der Waals surface area contributed by atoms with Gasteiger partial charge in [-0.1, -0.05) is 24.6 Å². The highest BCUT2D eigenvalue weighted by atomic mass is 19.4. The van der Waals surface area contributed by atoms with Gasteiger partial charge in [0.1, 0.15) is 5.82 Å². The number of nitrogens with zero attached hydrogens (tertiary/aromatic N) is 4. The van der Waals surface area contributed by atoms with Crippen LogP contribution in [0.2, 0.25) is 0 Å². The number of benzene rings is 2. The SMILES string of the molecule is CC1CCCCN1CCc1nc(-c2cccc(C(F)(F)F)c2)c2ccc(-c3ncccc3C(F)(F)F)cc2n1. The van der Waals surface area contributed by atoms with E-state index in [4.69, 9.17) is 0 Å². The van der Waals surface area contributed by atoms with Gasteiger partial charge in [-0.15, -0.1) is 0 Å². The quantitative estimate of drug-likeness (QED) is 0.240. The fourth-order valence-corrected chi connectivity index (χ4v) is 5.10. The Kier molecular flexibility index (Phi) is 7.33. The number of hydrogen-bond donors (Lipinski definition) is 0. The lowest BCUT2D eigenvalue weighted by atomic mass is 10.00. The zero-order valence-corrected chi connectivity index (χ0v) is 21.2. The minimum absolute atomic E-state index is 0.208. The van der Waals surface area contributed by atoms with Crippen molar-refractivity contribution in [3.63, 3.8) is 0 Å². The maximum Gasteiger partial charge on any atom is 0.418 e. The van der Waals surface area contributed by atoms with E-state index in [1.165, 1.54) is 36.9 Å². The van der Waals surface area contributed by atoms with Gasteiger partial charge in [-0.25, -0.2) is 9.97 Å². The van der Waals surface area contributed by atoms with Crippen molar-refractivity contribution < 1.29 is 26.3 Å². The average molecular weight is 545 g/mol. The van der Waals surface area contributed by atoms with Crippen molar-refractivity contribution in [3.8, 4) is 22.5 Å². The Balaban J connectivity index is 1.62. The third-order valence-corrected chi connectivity index (χ3v) is 7.16. The van der Waals surface area contributed by atoms with Crippen LogP contribution >= 0.6 is 0 Å². The van der Waals surface area contributed by atoms with Gasteiger partial charge in [-0.05, 0) is 62.7 Å². The van der Waals surface area contributed by atoms with Crippen LogP contribution in [0.4, 0.5) is 26.3 Å². The van der Waals surface area contributed by atoms with E-state index in [2.05, 4.69) is 26.8 Å². The molecule has 1 fully saturated rings. The van der Waals surface area contributed by atoms with Gasteiger partial charge in [0.15, 0.2) is 0 Å². The van der Waals surface area contributed by atoms with E-state index in [0.717, 1.165) is 37.6 Å². The third-order valence-electron chi connectivity index (χ3n) is 7.16. The summed E-state index contributed by atoms with van der Waals surface area (Å²) in [4.78, 5) is 15.6. The Hall–Kier alpha value is -3.53. The number of rotatable bonds is 5. The molecule has 0 N–H and O–H groups in total. The maximum absolute atomic E-state index is 13.7. The minimum atomic E-state index is -4.61. The van der Waals surface area contributed by atoms with Crippen LogP contribution in [0.1, 0.15) is 43.1 Å². The van der Waals surface area contributed by atoms with E-state index in [1.807, 2.05) is 0 Å². The van der Waals surface area contributed by atoms with Gasteiger partial charge in [0.25, 0.3) is 0 Å². The summed E-state index contributed by atoms with van der Waals surface area (Å²) < 4.78 is 81.5. The Labute approximate surface area is 221 Å². The lowest BCUT2D eigenvalue weighted by Crippen LogP contribution is -2.38. The van der Waals surface area contributed by atoms with Crippen molar-refractivity contribution in [2.45, 2.75) is 51.0 Å². The van der Waals surface area contributed by atoms with Crippen molar-refractivity contribution in [3.05, 3.63) is 77.7 Å². The largest absolute Gasteiger partial charge is 0.418 e. The molecule has 0 spiro atoms. The van der Waals surface area contributed by atoms with Crippen molar-refractivity contribution >= 4 is 10.9 Å². The van der Waals surface area contributed by atoms with E-state index in [1.54, 1.807) is 12.1 Å². The molecule has 1 aliphatic rings. The number of alkyl halides is 6. The molecule has 3 heterocycles.